The SMILES string of the molecule is C=CS(=O)(=O)N1CC[C@@H](NC(=O)C2=C3NC(=O)N(c4ccc(Oc5ccccc5)cc4C)C4CCNC(S2)C34)C1. The minimum absolute atomic E-state index is 0.0557. The van der Waals surface area contributed by atoms with Crippen LogP contribution in [0.2, 0.25) is 0 Å². The molecule has 3 amide bonds. The summed E-state index contributed by atoms with van der Waals surface area (Å²) < 4.78 is 31.5. The van der Waals surface area contributed by atoms with Crippen LogP contribution in [0.25, 0.3) is 0 Å². The number of nitrogens with one attached hydrogen (secondary N) is 3. The van der Waals surface area contributed by atoms with Crippen molar-refractivity contribution in [3.8, 4) is 11.5 Å². The van der Waals surface area contributed by atoms with Crippen molar-refractivity contribution in [2.45, 2.75) is 37.2 Å². The Morgan fingerprint density at radius 2 is 1.98 bits per heavy atom. The van der Waals surface area contributed by atoms with Gasteiger partial charge >= 0.3 is 6.03 Å². The Morgan fingerprint density at radius 1 is 1.18 bits per heavy atom. The van der Waals surface area contributed by atoms with Crippen LogP contribution in [0, 0.1) is 12.8 Å². The number of ether oxygens (including phenoxy) is 1. The zero-order valence-electron chi connectivity index (χ0n) is 22.0. The Balaban J connectivity index is 1.22. The number of anilines is 1. The minimum atomic E-state index is -3.53. The van der Waals surface area contributed by atoms with Gasteiger partial charge in [-0.25, -0.2) is 13.2 Å². The number of para-hydroxylation sites is 1. The normalized spacial score (nSPS) is 26.3. The van der Waals surface area contributed by atoms with Crippen LogP contribution in [0.5, 0.6) is 11.5 Å². The molecule has 0 bridgehead atoms. The van der Waals surface area contributed by atoms with E-state index in [-0.39, 0.29) is 41.9 Å². The Kier molecular flexibility index (Phi) is 7.11. The third-order valence-corrected chi connectivity index (χ3v) is 10.6. The summed E-state index contributed by atoms with van der Waals surface area (Å²) in [7, 11) is -3.53. The molecule has 3 N–H and O–H groups in total. The van der Waals surface area contributed by atoms with Gasteiger partial charge in [0.15, 0.2) is 0 Å². The Morgan fingerprint density at radius 3 is 2.73 bits per heavy atom. The van der Waals surface area contributed by atoms with Crippen LogP contribution >= 0.6 is 11.8 Å². The maximum atomic E-state index is 13.6. The zero-order chi connectivity index (χ0) is 28.0. The summed E-state index contributed by atoms with van der Waals surface area (Å²) in [5.41, 5.74) is 2.36. The highest BCUT2D eigenvalue weighted by Gasteiger charge is 2.52. The molecule has 0 saturated carbocycles. The molecule has 2 aromatic rings. The Hall–Kier alpha value is -3.32. The molecule has 10 nitrogen and oxygen atoms in total. The first-order chi connectivity index (χ1) is 19.2. The molecule has 2 aromatic carbocycles. The molecule has 0 spiro atoms. The van der Waals surface area contributed by atoms with E-state index in [1.807, 2.05) is 60.4 Å². The first-order valence-corrected chi connectivity index (χ1v) is 15.6. The second-order valence-electron chi connectivity index (χ2n) is 10.3. The number of rotatable bonds is 7. The van der Waals surface area contributed by atoms with Crippen molar-refractivity contribution in [1.82, 2.24) is 20.3 Å². The van der Waals surface area contributed by atoms with Gasteiger partial charge in [0.1, 0.15) is 11.5 Å². The number of hydrogen-bond donors (Lipinski definition) is 3. The van der Waals surface area contributed by atoms with Gasteiger partial charge in [0.2, 0.25) is 10.0 Å². The molecule has 4 heterocycles. The summed E-state index contributed by atoms with van der Waals surface area (Å²) in [6, 6.07) is 14.6. The summed E-state index contributed by atoms with van der Waals surface area (Å²) in [5, 5.41) is 10.4. The highest BCUT2D eigenvalue weighted by atomic mass is 32.2. The van der Waals surface area contributed by atoms with Crippen LogP contribution in [-0.4, -0.2) is 61.8 Å². The van der Waals surface area contributed by atoms with Gasteiger partial charge < -0.3 is 20.7 Å². The number of urea groups is 1. The molecule has 0 aliphatic carbocycles. The zero-order valence-corrected chi connectivity index (χ0v) is 23.6. The van der Waals surface area contributed by atoms with Crippen LogP contribution < -0.4 is 25.6 Å². The lowest BCUT2D eigenvalue weighted by molar-refractivity contribution is -0.117. The summed E-state index contributed by atoms with van der Waals surface area (Å²) in [5.74, 6) is 1.06. The van der Waals surface area contributed by atoms with Crippen molar-refractivity contribution in [1.29, 1.82) is 0 Å². The maximum absolute atomic E-state index is 13.6. The largest absolute Gasteiger partial charge is 0.457 e. The van der Waals surface area contributed by atoms with Gasteiger partial charge in [-0.1, -0.05) is 36.5 Å². The van der Waals surface area contributed by atoms with E-state index in [0.29, 0.717) is 29.3 Å². The van der Waals surface area contributed by atoms with Crippen molar-refractivity contribution in [3.63, 3.8) is 0 Å². The number of carbonyl (C=O) groups is 2. The molecular formula is C28H31N5O5S2. The topological polar surface area (TPSA) is 120 Å². The monoisotopic (exact) mass is 581 g/mol. The van der Waals surface area contributed by atoms with E-state index in [9.17, 15) is 18.0 Å². The molecule has 4 atom stereocenters. The number of aryl methyl sites for hydroxylation is 1. The number of nitrogens with zero attached hydrogens (tertiary/aromatic N) is 2. The van der Waals surface area contributed by atoms with Crippen molar-refractivity contribution in [3.05, 3.63) is 76.7 Å². The van der Waals surface area contributed by atoms with Crippen molar-refractivity contribution in [2.24, 2.45) is 5.92 Å². The first-order valence-electron chi connectivity index (χ1n) is 13.3. The van der Waals surface area contributed by atoms with E-state index in [0.717, 1.165) is 35.4 Å². The number of sulfonamides is 1. The van der Waals surface area contributed by atoms with Crippen molar-refractivity contribution >= 4 is 39.4 Å². The highest BCUT2D eigenvalue weighted by Crippen LogP contribution is 2.48. The van der Waals surface area contributed by atoms with Crippen LogP contribution in [0.15, 0.2) is 71.1 Å². The van der Waals surface area contributed by atoms with Gasteiger partial charge in [0, 0.05) is 41.8 Å². The quantitative estimate of drug-likeness (QED) is 0.459. The van der Waals surface area contributed by atoms with Gasteiger partial charge in [-0.15, -0.1) is 0 Å². The summed E-state index contributed by atoms with van der Waals surface area (Å²) in [6.07, 6.45) is 1.26. The average Bonchev–Trinajstić information content (AvgIpc) is 3.56. The molecule has 3 fully saturated rings. The number of carbonyl (C=O) groups excluding carboxylic acids is 2. The second-order valence-corrected chi connectivity index (χ2v) is 13.3. The van der Waals surface area contributed by atoms with E-state index in [2.05, 4.69) is 22.5 Å². The summed E-state index contributed by atoms with van der Waals surface area (Å²) >= 11 is 1.43. The third-order valence-electron chi connectivity index (χ3n) is 7.81. The van der Waals surface area contributed by atoms with Crippen LogP contribution in [-0.2, 0) is 14.8 Å². The molecule has 6 rings (SSSR count). The lowest BCUT2D eigenvalue weighted by atomic mass is 9.86. The average molecular weight is 582 g/mol. The van der Waals surface area contributed by atoms with Crippen LogP contribution in [0.3, 0.4) is 0 Å². The number of piperidine rings is 1. The predicted octanol–water partition coefficient (Wildman–Crippen LogP) is 3.24. The maximum Gasteiger partial charge on any atom is 0.326 e. The van der Waals surface area contributed by atoms with E-state index in [1.165, 1.54) is 16.1 Å². The Labute approximate surface area is 237 Å². The van der Waals surface area contributed by atoms with E-state index < -0.39 is 10.0 Å². The van der Waals surface area contributed by atoms with E-state index in [1.54, 1.807) is 0 Å². The van der Waals surface area contributed by atoms with Crippen LogP contribution in [0.4, 0.5) is 10.5 Å². The van der Waals surface area contributed by atoms with Gasteiger partial charge in [-0.2, -0.15) is 4.31 Å². The highest BCUT2D eigenvalue weighted by molar-refractivity contribution is 8.04. The van der Waals surface area contributed by atoms with Gasteiger partial charge in [0.25, 0.3) is 5.91 Å². The third kappa shape index (κ3) is 4.89. The number of hydrogen-bond acceptors (Lipinski definition) is 7. The molecule has 4 aliphatic heterocycles. The van der Waals surface area contributed by atoms with E-state index in [4.69, 9.17) is 4.74 Å². The molecule has 0 radical (unpaired) electrons. The predicted molar refractivity (Wildman–Crippen MR) is 154 cm³/mol. The van der Waals surface area contributed by atoms with Crippen molar-refractivity contribution < 1.29 is 22.7 Å². The molecule has 210 valence electrons. The van der Waals surface area contributed by atoms with E-state index >= 15 is 0 Å². The number of benzene rings is 2. The smallest absolute Gasteiger partial charge is 0.326 e. The standard InChI is InChI=1S/C28H31N5O5S2/c1-3-40(36,37)32-14-12-18(16-32)30-26(34)25-24-23-22(11-13-29-27(23)39-25)33(28(35)31-24)21-10-9-20(15-17(21)2)38-19-7-5-4-6-8-19/h3-10,15,18,22-23,27,29H,1,11-14,16H2,2H3,(H,30,34)(H,31,35)/t18-,22?,23?,27?/m1/s1. The van der Waals surface area contributed by atoms with Gasteiger partial charge in [-0.3, -0.25) is 9.69 Å². The first kappa shape index (κ1) is 26.9. The lowest BCUT2D eigenvalue weighted by Gasteiger charge is -2.46. The van der Waals surface area contributed by atoms with Crippen LogP contribution in [0.1, 0.15) is 18.4 Å². The van der Waals surface area contributed by atoms with Gasteiger partial charge in [0.05, 0.1) is 16.3 Å². The number of amides is 3. The minimum Gasteiger partial charge on any atom is -0.457 e. The molecule has 40 heavy (non-hydrogen) atoms. The fourth-order valence-corrected chi connectivity index (χ4v) is 8.28. The summed E-state index contributed by atoms with van der Waals surface area (Å²) in [4.78, 5) is 29.3. The molecule has 3 unspecified atom stereocenters. The number of thioether (sulfide) groups is 1. The molecule has 12 heteroatoms. The molecular weight excluding hydrogens is 550 g/mol. The fourth-order valence-electron chi connectivity index (χ4n) is 5.92. The lowest BCUT2D eigenvalue weighted by Crippen LogP contribution is -2.62. The van der Waals surface area contributed by atoms with Crippen molar-refractivity contribution in [2.75, 3.05) is 24.5 Å². The molecule has 3 saturated heterocycles. The fraction of sp³-hybridized carbons (Fsp3) is 0.357. The van der Waals surface area contributed by atoms with Gasteiger partial charge in [-0.05, 0) is 62.2 Å². The molecule has 4 aliphatic rings. The second kappa shape index (κ2) is 10.6. The molecule has 0 aromatic heterocycles. The Bertz CT molecular complexity index is 1500. The summed E-state index contributed by atoms with van der Waals surface area (Å²) in [6.45, 7) is 6.58.